The molecule has 0 unspecified atom stereocenters. The van der Waals surface area contributed by atoms with Crippen LogP contribution in [0.5, 0.6) is 5.75 Å². The molecule has 2 rings (SSSR count). The Hall–Kier alpha value is -1.55. The molecule has 0 bridgehead atoms. The van der Waals surface area contributed by atoms with Gasteiger partial charge < -0.3 is 15.4 Å². The molecule has 0 saturated carbocycles. The molecule has 21 heavy (non-hydrogen) atoms. The number of anilines is 1. The van der Waals surface area contributed by atoms with Crippen LogP contribution in [0.1, 0.15) is 46.6 Å². The number of rotatable bonds is 3. The number of ether oxygens (including phenoxy) is 1. The summed E-state index contributed by atoms with van der Waals surface area (Å²) in [5.74, 6) is 0.763. The first kappa shape index (κ1) is 15.8. The van der Waals surface area contributed by atoms with E-state index in [0.29, 0.717) is 13.1 Å². The lowest BCUT2D eigenvalue weighted by Gasteiger charge is -2.39. The van der Waals surface area contributed by atoms with E-state index in [1.165, 1.54) is 5.56 Å². The van der Waals surface area contributed by atoms with Gasteiger partial charge in [-0.25, -0.2) is 0 Å². The summed E-state index contributed by atoms with van der Waals surface area (Å²) in [6, 6.07) is 6.12. The standard InChI is InChI=1S/C17H26N2O2/c1-16(2,3)12-7-8-14-13(11-12)19(10-6-9-18)15(20)17(4,5)21-14/h7-8,11H,6,9-10,18H2,1-5H3. The first-order chi connectivity index (χ1) is 9.66. The van der Waals surface area contributed by atoms with Crippen LogP contribution in [0.3, 0.4) is 0 Å². The third-order valence-electron chi connectivity index (χ3n) is 3.83. The van der Waals surface area contributed by atoms with Crippen molar-refractivity contribution in [3.8, 4) is 5.75 Å². The van der Waals surface area contributed by atoms with Gasteiger partial charge in [0.1, 0.15) is 5.75 Å². The van der Waals surface area contributed by atoms with E-state index in [1.807, 2.05) is 24.8 Å². The average molecular weight is 290 g/mol. The van der Waals surface area contributed by atoms with Crippen LogP contribution in [0.4, 0.5) is 5.69 Å². The van der Waals surface area contributed by atoms with Crippen molar-refractivity contribution in [2.45, 2.75) is 52.1 Å². The molecule has 1 amide bonds. The Balaban J connectivity index is 2.49. The Kier molecular flexibility index (Phi) is 4.02. The van der Waals surface area contributed by atoms with Crippen LogP contribution >= 0.6 is 0 Å². The van der Waals surface area contributed by atoms with E-state index in [1.54, 1.807) is 0 Å². The largest absolute Gasteiger partial charge is 0.476 e. The van der Waals surface area contributed by atoms with Crippen molar-refractivity contribution < 1.29 is 9.53 Å². The predicted octanol–water partition coefficient (Wildman–Crippen LogP) is 2.84. The Morgan fingerprint density at radius 2 is 1.95 bits per heavy atom. The third kappa shape index (κ3) is 3.05. The Bertz CT molecular complexity index is 544. The summed E-state index contributed by atoms with van der Waals surface area (Å²) in [6.07, 6.45) is 0.779. The molecule has 2 N–H and O–H groups in total. The first-order valence-corrected chi connectivity index (χ1v) is 7.52. The summed E-state index contributed by atoms with van der Waals surface area (Å²) in [7, 11) is 0. The number of carbonyl (C=O) groups excluding carboxylic acids is 1. The number of nitrogens with two attached hydrogens (primary N) is 1. The van der Waals surface area contributed by atoms with Crippen LogP contribution in [0.15, 0.2) is 18.2 Å². The molecule has 0 radical (unpaired) electrons. The maximum Gasteiger partial charge on any atom is 0.270 e. The molecule has 0 atom stereocenters. The van der Waals surface area contributed by atoms with Crippen molar-refractivity contribution in [1.29, 1.82) is 0 Å². The zero-order chi connectivity index (χ0) is 15.8. The molecule has 0 spiro atoms. The molecule has 116 valence electrons. The van der Waals surface area contributed by atoms with Gasteiger partial charge in [0.2, 0.25) is 0 Å². The highest BCUT2D eigenvalue weighted by molar-refractivity contribution is 6.02. The smallest absolute Gasteiger partial charge is 0.270 e. The highest BCUT2D eigenvalue weighted by Gasteiger charge is 2.40. The van der Waals surface area contributed by atoms with Crippen LogP contribution < -0.4 is 15.4 Å². The molecule has 0 aliphatic carbocycles. The topological polar surface area (TPSA) is 55.6 Å². The van der Waals surface area contributed by atoms with Gasteiger partial charge in [-0.3, -0.25) is 4.79 Å². The molecule has 4 nitrogen and oxygen atoms in total. The molecular formula is C17H26N2O2. The molecular weight excluding hydrogens is 264 g/mol. The maximum atomic E-state index is 12.6. The molecule has 1 aromatic carbocycles. The molecule has 0 saturated heterocycles. The van der Waals surface area contributed by atoms with Gasteiger partial charge in [0, 0.05) is 6.54 Å². The number of carbonyl (C=O) groups is 1. The van der Waals surface area contributed by atoms with Gasteiger partial charge in [-0.1, -0.05) is 26.8 Å². The minimum absolute atomic E-state index is 0.00508. The van der Waals surface area contributed by atoms with Gasteiger partial charge in [0.15, 0.2) is 5.60 Å². The zero-order valence-corrected chi connectivity index (χ0v) is 13.7. The second-order valence-corrected chi connectivity index (χ2v) is 7.14. The van der Waals surface area contributed by atoms with Crippen molar-refractivity contribution in [3.63, 3.8) is 0 Å². The van der Waals surface area contributed by atoms with E-state index in [-0.39, 0.29) is 11.3 Å². The molecule has 1 heterocycles. The highest BCUT2D eigenvalue weighted by atomic mass is 16.5. The summed E-state index contributed by atoms with van der Waals surface area (Å²) in [5.41, 5.74) is 6.86. The van der Waals surface area contributed by atoms with E-state index in [2.05, 4.69) is 32.9 Å². The molecule has 1 aliphatic heterocycles. The lowest BCUT2D eigenvalue weighted by molar-refractivity contribution is -0.132. The number of hydrogen-bond acceptors (Lipinski definition) is 3. The second kappa shape index (κ2) is 5.34. The summed E-state index contributed by atoms with van der Waals surface area (Å²) in [4.78, 5) is 14.5. The Morgan fingerprint density at radius 1 is 1.29 bits per heavy atom. The van der Waals surface area contributed by atoms with Crippen LogP contribution in [0, 0.1) is 0 Å². The summed E-state index contributed by atoms with van der Waals surface area (Å²) in [5, 5.41) is 0. The van der Waals surface area contributed by atoms with E-state index in [9.17, 15) is 4.79 Å². The third-order valence-corrected chi connectivity index (χ3v) is 3.83. The molecule has 1 aliphatic rings. The molecule has 0 fully saturated rings. The first-order valence-electron chi connectivity index (χ1n) is 7.52. The van der Waals surface area contributed by atoms with Crippen molar-refractivity contribution in [2.24, 2.45) is 5.73 Å². The summed E-state index contributed by atoms with van der Waals surface area (Å²) >= 11 is 0. The van der Waals surface area contributed by atoms with E-state index in [4.69, 9.17) is 10.5 Å². The summed E-state index contributed by atoms with van der Waals surface area (Å²) in [6.45, 7) is 11.3. The van der Waals surface area contributed by atoms with Crippen LogP contribution in [-0.2, 0) is 10.2 Å². The maximum absolute atomic E-state index is 12.6. The zero-order valence-electron chi connectivity index (χ0n) is 13.7. The van der Waals surface area contributed by atoms with Gasteiger partial charge in [0.25, 0.3) is 5.91 Å². The quantitative estimate of drug-likeness (QED) is 0.931. The Labute approximate surface area is 127 Å². The van der Waals surface area contributed by atoms with Crippen molar-refractivity contribution >= 4 is 11.6 Å². The van der Waals surface area contributed by atoms with Gasteiger partial charge in [-0.2, -0.15) is 0 Å². The van der Waals surface area contributed by atoms with Gasteiger partial charge in [-0.15, -0.1) is 0 Å². The van der Waals surface area contributed by atoms with Crippen LogP contribution in [0.2, 0.25) is 0 Å². The fraction of sp³-hybridized carbons (Fsp3) is 0.588. The minimum atomic E-state index is -0.829. The van der Waals surface area contributed by atoms with Crippen molar-refractivity contribution in [2.75, 3.05) is 18.0 Å². The number of hydrogen-bond donors (Lipinski definition) is 1. The lowest BCUT2D eigenvalue weighted by atomic mass is 9.86. The monoisotopic (exact) mass is 290 g/mol. The molecule has 4 heteroatoms. The number of amides is 1. The Morgan fingerprint density at radius 3 is 2.52 bits per heavy atom. The van der Waals surface area contributed by atoms with Gasteiger partial charge >= 0.3 is 0 Å². The molecule has 0 aromatic heterocycles. The minimum Gasteiger partial charge on any atom is -0.476 e. The second-order valence-electron chi connectivity index (χ2n) is 7.14. The number of benzene rings is 1. The number of nitrogens with zero attached hydrogens (tertiary/aromatic N) is 1. The van der Waals surface area contributed by atoms with E-state index in [0.717, 1.165) is 17.9 Å². The van der Waals surface area contributed by atoms with Crippen molar-refractivity contribution in [3.05, 3.63) is 23.8 Å². The fourth-order valence-corrected chi connectivity index (χ4v) is 2.51. The number of fused-ring (bicyclic) bond motifs is 1. The van der Waals surface area contributed by atoms with E-state index < -0.39 is 5.60 Å². The average Bonchev–Trinajstić information content (AvgIpc) is 2.37. The fourth-order valence-electron chi connectivity index (χ4n) is 2.51. The van der Waals surface area contributed by atoms with E-state index >= 15 is 0 Å². The summed E-state index contributed by atoms with van der Waals surface area (Å²) < 4.78 is 5.89. The van der Waals surface area contributed by atoms with Crippen molar-refractivity contribution in [1.82, 2.24) is 0 Å². The van der Waals surface area contributed by atoms with Gasteiger partial charge in [0.05, 0.1) is 5.69 Å². The predicted molar refractivity (Wildman–Crippen MR) is 85.9 cm³/mol. The molecule has 1 aromatic rings. The highest BCUT2D eigenvalue weighted by Crippen LogP contribution is 2.40. The van der Waals surface area contributed by atoms with Crippen LogP contribution in [-0.4, -0.2) is 24.6 Å². The SMILES string of the molecule is CC1(C)Oc2ccc(C(C)(C)C)cc2N(CCCN)C1=O. The van der Waals surface area contributed by atoms with Gasteiger partial charge in [-0.05, 0) is 49.9 Å². The normalized spacial score (nSPS) is 17.4. The lowest BCUT2D eigenvalue weighted by Crippen LogP contribution is -2.53. The van der Waals surface area contributed by atoms with Crippen LogP contribution in [0.25, 0.3) is 0 Å².